The predicted octanol–water partition coefficient (Wildman–Crippen LogP) is 2.55. The molecule has 0 saturated heterocycles. The normalized spacial score (nSPS) is 26.6. The molecule has 0 bridgehead atoms. The van der Waals surface area contributed by atoms with Crippen LogP contribution in [0.15, 0.2) is 18.2 Å². The number of aliphatic hydroxyl groups excluding tert-OH is 1. The maximum atomic E-state index is 9.69. The standard InChI is InChI=1S/C15H23NO/c1-10-5-6-12(11(2)7-10)9-16-13-8-14(17)15(13,3)4/h5-7,13-14,16-17H,8-9H2,1-4H3. The lowest BCUT2D eigenvalue weighted by Gasteiger charge is -2.49. The molecule has 2 heteroatoms. The zero-order valence-corrected chi connectivity index (χ0v) is 11.2. The van der Waals surface area contributed by atoms with Gasteiger partial charge in [-0.2, -0.15) is 0 Å². The molecule has 0 aliphatic heterocycles. The molecule has 17 heavy (non-hydrogen) atoms. The van der Waals surface area contributed by atoms with Crippen LogP contribution >= 0.6 is 0 Å². The molecule has 1 fully saturated rings. The highest BCUT2D eigenvalue weighted by atomic mass is 16.3. The third-order valence-electron chi connectivity index (χ3n) is 4.25. The topological polar surface area (TPSA) is 32.3 Å². The van der Waals surface area contributed by atoms with E-state index < -0.39 is 0 Å². The summed E-state index contributed by atoms with van der Waals surface area (Å²) in [5, 5.41) is 13.3. The fraction of sp³-hybridized carbons (Fsp3) is 0.600. The van der Waals surface area contributed by atoms with Crippen molar-refractivity contribution in [2.24, 2.45) is 5.41 Å². The molecule has 0 heterocycles. The van der Waals surface area contributed by atoms with Crippen LogP contribution in [0.25, 0.3) is 0 Å². The summed E-state index contributed by atoms with van der Waals surface area (Å²) in [6, 6.07) is 7.00. The third kappa shape index (κ3) is 2.38. The van der Waals surface area contributed by atoms with Gasteiger partial charge < -0.3 is 10.4 Å². The molecular weight excluding hydrogens is 210 g/mol. The molecule has 2 N–H and O–H groups in total. The van der Waals surface area contributed by atoms with Gasteiger partial charge in [0, 0.05) is 18.0 Å². The number of hydrogen-bond acceptors (Lipinski definition) is 2. The Labute approximate surface area is 104 Å². The van der Waals surface area contributed by atoms with E-state index in [0.29, 0.717) is 6.04 Å². The monoisotopic (exact) mass is 233 g/mol. The van der Waals surface area contributed by atoms with Crippen LogP contribution in [-0.4, -0.2) is 17.3 Å². The summed E-state index contributed by atoms with van der Waals surface area (Å²) < 4.78 is 0. The second kappa shape index (κ2) is 4.43. The lowest BCUT2D eigenvalue weighted by atomic mass is 9.64. The predicted molar refractivity (Wildman–Crippen MR) is 70.9 cm³/mol. The average Bonchev–Trinajstić information content (AvgIpc) is 2.26. The Hall–Kier alpha value is -0.860. The zero-order valence-electron chi connectivity index (χ0n) is 11.2. The Kier molecular flexibility index (Phi) is 3.28. The van der Waals surface area contributed by atoms with Crippen LogP contribution in [0.4, 0.5) is 0 Å². The largest absolute Gasteiger partial charge is 0.392 e. The van der Waals surface area contributed by atoms with Crippen molar-refractivity contribution >= 4 is 0 Å². The summed E-state index contributed by atoms with van der Waals surface area (Å²) in [5.41, 5.74) is 4.02. The van der Waals surface area contributed by atoms with Gasteiger partial charge in [-0.1, -0.05) is 37.6 Å². The molecule has 1 aliphatic carbocycles. The van der Waals surface area contributed by atoms with E-state index in [1.165, 1.54) is 16.7 Å². The summed E-state index contributed by atoms with van der Waals surface area (Å²) in [7, 11) is 0. The Morgan fingerprint density at radius 1 is 1.35 bits per heavy atom. The molecule has 0 amide bonds. The lowest BCUT2D eigenvalue weighted by molar-refractivity contribution is -0.0729. The van der Waals surface area contributed by atoms with Gasteiger partial charge in [-0.05, 0) is 31.4 Å². The van der Waals surface area contributed by atoms with E-state index in [9.17, 15) is 5.11 Å². The molecule has 2 atom stereocenters. The van der Waals surface area contributed by atoms with Crippen molar-refractivity contribution in [3.05, 3.63) is 34.9 Å². The summed E-state index contributed by atoms with van der Waals surface area (Å²) in [5.74, 6) is 0. The molecule has 2 rings (SSSR count). The first-order valence-electron chi connectivity index (χ1n) is 6.39. The van der Waals surface area contributed by atoms with Crippen LogP contribution in [0.3, 0.4) is 0 Å². The van der Waals surface area contributed by atoms with Gasteiger partial charge in [0.2, 0.25) is 0 Å². The Balaban J connectivity index is 1.95. The van der Waals surface area contributed by atoms with Gasteiger partial charge >= 0.3 is 0 Å². The number of hydrogen-bond donors (Lipinski definition) is 2. The van der Waals surface area contributed by atoms with Gasteiger partial charge in [-0.15, -0.1) is 0 Å². The van der Waals surface area contributed by atoms with Crippen molar-refractivity contribution in [1.29, 1.82) is 0 Å². The second-order valence-corrected chi connectivity index (χ2v) is 5.94. The highest BCUT2D eigenvalue weighted by molar-refractivity contribution is 5.30. The molecule has 1 aromatic carbocycles. The molecule has 0 spiro atoms. The van der Waals surface area contributed by atoms with Crippen molar-refractivity contribution < 1.29 is 5.11 Å². The molecule has 94 valence electrons. The minimum absolute atomic E-state index is 0.0125. The minimum atomic E-state index is -0.154. The van der Waals surface area contributed by atoms with Crippen LogP contribution in [0.5, 0.6) is 0 Å². The van der Waals surface area contributed by atoms with Crippen molar-refractivity contribution in [3.63, 3.8) is 0 Å². The van der Waals surface area contributed by atoms with Crippen molar-refractivity contribution in [2.45, 2.75) is 52.8 Å². The van der Waals surface area contributed by atoms with Gasteiger partial charge in [0.15, 0.2) is 0 Å². The summed E-state index contributed by atoms with van der Waals surface area (Å²) >= 11 is 0. The first-order valence-corrected chi connectivity index (χ1v) is 6.39. The fourth-order valence-electron chi connectivity index (χ4n) is 2.53. The van der Waals surface area contributed by atoms with E-state index in [1.54, 1.807) is 0 Å². The van der Waals surface area contributed by atoms with E-state index in [2.05, 4.69) is 51.2 Å². The molecule has 2 nitrogen and oxygen atoms in total. The number of benzene rings is 1. The molecule has 1 aromatic rings. The van der Waals surface area contributed by atoms with Crippen molar-refractivity contribution in [1.82, 2.24) is 5.32 Å². The van der Waals surface area contributed by atoms with E-state index in [1.807, 2.05) is 0 Å². The highest BCUT2D eigenvalue weighted by Crippen LogP contribution is 2.40. The summed E-state index contributed by atoms with van der Waals surface area (Å²) in [6.07, 6.45) is 0.719. The summed E-state index contributed by atoms with van der Waals surface area (Å²) in [4.78, 5) is 0. The first-order chi connectivity index (χ1) is 7.91. The molecule has 2 unspecified atom stereocenters. The molecule has 0 radical (unpaired) electrons. The maximum absolute atomic E-state index is 9.69. The van der Waals surface area contributed by atoms with Gasteiger partial charge in [-0.3, -0.25) is 0 Å². The maximum Gasteiger partial charge on any atom is 0.0621 e. The molecule has 0 aromatic heterocycles. The van der Waals surface area contributed by atoms with Gasteiger partial charge in [0.05, 0.1) is 6.10 Å². The second-order valence-electron chi connectivity index (χ2n) is 5.94. The number of aryl methyl sites for hydroxylation is 2. The molecular formula is C15H23NO. The zero-order chi connectivity index (χ0) is 12.6. The third-order valence-corrected chi connectivity index (χ3v) is 4.25. The van der Waals surface area contributed by atoms with Gasteiger partial charge in [-0.25, -0.2) is 0 Å². The van der Waals surface area contributed by atoms with Crippen LogP contribution in [-0.2, 0) is 6.54 Å². The smallest absolute Gasteiger partial charge is 0.0621 e. The number of aliphatic hydroxyl groups is 1. The van der Waals surface area contributed by atoms with Gasteiger partial charge in [0.25, 0.3) is 0 Å². The van der Waals surface area contributed by atoms with Crippen LogP contribution in [0, 0.1) is 19.3 Å². The SMILES string of the molecule is Cc1ccc(CNC2CC(O)C2(C)C)c(C)c1. The Morgan fingerprint density at radius 2 is 2.06 bits per heavy atom. The first kappa shape index (κ1) is 12.6. The van der Waals surface area contributed by atoms with Crippen LogP contribution in [0.2, 0.25) is 0 Å². The van der Waals surface area contributed by atoms with E-state index >= 15 is 0 Å². The van der Waals surface area contributed by atoms with Crippen LogP contribution in [0.1, 0.15) is 37.0 Å². The minimum Gasteiger partial charge on any atom is -0.392 e. The Morgan fingerprint density at radius 3 is 2.59 bits per heavy atom. The molecule has 1 aliphatic rings. The highest BCUT2D eigenvalue weighted by Gasteiger charge is 2.46. The quantitative estimate of drug-likeness (QED) is 0.841. The number of rotatable bonds is 3. The average molecular weight is 233 g/mol. The van der Waals surface area contributed by atoms with E-state index in [-0.39, 0.29) is 11.5 Å². The number of nitrogens with one attached hydrogen (secondary N) is 1. The van der Waals surface area contributed by atoms with Crippen LogP contribution < -0.4 is 5.32 Å². The Bertz CT molecular complexity index is 411. The van der Waals surface area contributed by atoms with Crippen molar-refractivity contribution in [2.75, 3.05) is 0 Å². The fourth-order valence-corrected chi connectivity index (χ4v) is 2.53. The molecule has 1 saturated carbocycles. The van der Waals surface area contributed by atoms with Crippen molar-refractivity contribution in [3.8, 4) is 0 Å². The summed E-state index contributed by atoms with van der Waals surface area (Å²) in [6.45, 7) is 9.43. The van der Waals surface area contributed by atoms with E-state index in [0.717, 1.165) is 13.0 Å². The van der Waals surface area contributed by atoms with E-state index in [4.69, 9.17) is 0 Å². The lowest BCUT2D eigenvalue weighted by Crippen LogP contribution is -2.59. The van der Waals surface area contributed by atoms with Gasteiger partial charge in [0.1, 0.15) is 0 Å².